The number of ether oxygens (including phenoxy) is 2. The molecule has 0 saturated heterocycles. The van der Waals surface area contributed by atoms with E-state index in [4.69, 9.17) is 9.47 Å². The molecule has 1 aromatic heterocycles. The highest BCUT2D eigenvalue weighted by Crippen LogP contribution is 2.33. The van der Waals surface area contributed by atoms with Gasteiger partial charge < -0.3 is 9.47 Å². The highest BCUT2D eigenvalue weighted by Gasteiger charge is 2.28. The lowest BCUT2D eigenvalue weighted by atomic mass is 10.4. The summed E-state index contributed by atoms with van der Waals surface area (Å²) < 4.78 is 13.7. The Hall–Kier alpha value is -1.47. The summed E-state index contributed by atoms with van der Waals surface area (Å²) in [6.07, 6.45) is 2.00. The van der Waals surface area contributed by atoms with Gasteiger partial charge in [-0.05, 0) is 33.6 Å². The van der Waals surface area contributed by atoms with Gasteiger partial charge >= 0.3 is 11.4 Å². The molecular formula is C14H23N3O4. The Morgan fingerprint density at radius 3 is 2.38 bits per heavy atom. The van der Waals surface area contributed by atoms with E-state index in [0.717, 1.165) is 12.8 Å². The van der Waals surface area contributed by atoms with Crippen molar-refractivity contribution in [3.8, 4) is 0 Å². The fourth-order valence-electron chi connectivity index (χ4n) is 2.37. The Labute approximate surface area is 123 Å². The number of hydrogen-bond donors (Lipinski definition) is 0. The molecule has 0 aliphatic heterocycles. The van der Waals surface area contributed by atoms with Crippen molar-refractivity contribution in [3.63, 3.8) is 0 Å². The third kappa shape index (κ3) is 3.79. The third-order valence-electron chi connectivity index (χ3n) is 3.48. The quantitative estimate of drug-likeness (QED) is 0.665. The van der Waals surface area contributed by atoms with Gasteiger partial charge in [0.15, 0.2) is 6.29 Å². The second kappa shape index (κ2) is 7.00. The molecule has 1 fully saturated rings. The third-order valence-corrected chi connectivity index (χ3v) is 3.48. The Morgan fingerprint density at radius 2 is 1.86 bits per heavy atom. The SMILES string of the molecule is CCOC(CCn1c(=O)nc(C)n(C2CC2)c1=O)OCC. The average molecular weight is 297 g/mol. The minimum absolute atomic E-state index is 0.200. The first-order chi connectivity index (χ1) is 10.1. The zero-order valence-electron chi connectivity index (χ0n) is 12.9. The van der Waals surface area contributed by atoms with Crippen LogP contribution in [-0.4, -0.2) is 33.6 Å². The molecule has 7 nitrogen and oxygen atoms in total. The number of aryl methyl sites for hydroxylation is 1. The van der Waals surface area contributed by atoms with Gasteiger partial charge in [-0.3, -0.25) is 4.57 Å². The van der Waals surface area contributed by atoms with Crippen LogP contribution < -0.4 is 11.4 Å². The van der Waals surface area contributed by atoms with Gasteiger partial charge in [-0.2, -0.15) is 4.98 Å². The molecule has 0 atom stereocenters. The average Bonchev–Trinajstić information content (AvgIpc) is 3.23. The fourth-order valence-corrected chi connectivity index (χ4v) is 2.37. The van der Waals surface area contributed by atoms with E-state index in [0.29, 0.717) is 25.5 Å². The normalized spacial score (nSPS) is 14.9. The fraction of sp³-hybridized carbons (Fsp3) is 0.786. The molecule has 0 N–H and O–H groups in total. The Kier molecular flexibility index (Phi) is 5.30. The molecule has 118 valence electrons. The lowest BCUT2D eigenvalue weighted by Crippen LogP contribution is -2.43. The molecule has 0 bridgehead atoms. The first kappa shape index (κ1) is 15.9. The molecule has 0 aromatic carbocycles. The summed E-state index contributed by atoms with van der Waals surface area (Å²) in [7, 11) is 0. The zero-order valence-corrected chi connectivity index (χ0v) is 12.9. The van der Waals surface area contributed by atoms with Gasteiger partial charge in [0.05, 0.1) is 0 Å². The van der Waals surface area contributed by atoms with Crippen molar-refractivity contribution < 1.29 is 9.47 Å². The Balaban J connectivity index is 2.18. The van der Waals surface area contributed by atoms with Crippen LogP contribution >= 0.6 is 0 Å². The summed E-state index contributed by atoms with van der Waals surface area (Å²) in [4.78, 5) is 28.3. The second-order valence-electron chi connectivity index (χ2n) is 5.11. The van der Waals surface area contributed by atoms with Crippen molar-refractivity contribution in [2.24, 2.45) is 0 Å². The molecule has 21 heavy (non-hydrogen) atoms. The molecule has 1 saturated carbocycles. The smallest absolute Gasteiger partial charge is 0.353 e. The van der Waals surface area contributed by atoms with E-state index in [1.807, 2.05) is 13.8 Å². The topological polar surface area (TPSA) is 75.4 Å². The van der Waals surface area contributed by atoms with E-state index in [1.165, 1.54) is 4.57 Å². The van der Waals surface area contributed by atoms with Crippen LogP contribution in [0.5, 0.6) is 0 Å². The zero-order chi connectivity index (χ0) is 15.4. The number of aromatic nitrogens is 3. The van der Waals surface area contributed by atoms with Gasteiger partial charge in [-0.15, -0.1) is 0 Å². The van der Waals surface area contributed by atoms with Gasteiger partial charge in [0.25, 0.3) is 0 Å². The monoisotopic (exact) mass is 297 g/mol. The van der Waals surface area contributed by atoms with E-state index in [-0.39, 0.29) is 18.3 Å². The molecule has 7 heteroatoms. The summed E-state index contributed by atoms with van der Waals surface area (Å²) in [5, 5.41) is 0. The van der Waals surface area contributed by atoms with E-state index < -0.39 is 12.0 Å². The molecule has 0 amide bonds. The summed E-state index contributed by atoms with van der Waals surface area (Å²) >= 11 is 0. The largest absolute Gasteiger partial charge is 0.353 e. The molecular weight excluding hydrogens is 274 g/mol. The van der Waals surface area contributed by atoms with Gasteiger partial charge in [0.1, 0.15) is 5.82 Å². The number of nitrogens with zero attached hydrogens (tertiary/aromatic N) is 3. The first-order valence-corrected chi connectivity index (χ1v) is 7.51. The number of hydrogen-bond acceptors (Lipinski definition) is 5. The lowest BCUT2D eigenvalue weighted by molar-refractivity contribution is -0.141. The lowest BCUT2D eigenvalue weighted by Gasteiger charge is -2.17. The van der Waals surface area contributed by atoms with Crippen LogP contribution in [0.4, 0.5) is 0 Å². The molecule has 1 aliphatic rings. The predicted octanol–water partition coefficient (Wildman–Crippen LogP) is 0.838. The summed E-state index contributed by atoms with van der Waals surface area (Å²) in [5.41, 5.74) is -0.775. The van der Waals surface area contributed by atoms with E-state index >= 15 is 0 Å². The molecule has 1 aromatic rings. The van der Waals surface area contributed by atoms with E-state index in [1.54, 1.807) is 11.5 Å². The van der Waals surface area contributed by atoms with Crippen molar-refractivity contribution in [1.29, 1.82) is 0 Å². The van der Waals surface area contributed by atoms with Gasteiger partial charge in [-0.25, -0.2) is 14.2 Å². The maximum absolute atomic E-state index is 12.4. The summed E-state index contributed by atoms with van der Waals surface area (Å²) in [6, 6.07) is 0.200. The van der Waals surface area contributed by atoms with Crippen molar-refractivity contribution in [3.05, 3.63) is 26.8 Å². The highest BCUT2D eigenvalue weighted by molar-refractivity contribution is 4.94. The number of rotatable bonds is 8. The van der Waals surface area contributed by atoms with Crippen LogP contribution in [0.1, 0.15) is 45.0 Å². The van der Waals surface area contributed by atoms with Crippen molar-refractivity contribution in [1.82, 2.24) is 14.1 Å². The highest BCUT2D eigenvalue weighted by atomic mass is 16.7. The first-order valence-electron chi connectivity index (χ1n) is 7.51. The van der Waals surface area contributed by atoms with Crippen LogP contribution in [-0.2, 0) is 16.0 Å². The molecule has 1 aliphatic carbocycles. The predicted molar refractivity (Wildman–Crippen MR) is 77.4 cm³/mol. The van der Waals surface area contributed by atoms with E-state index in [9.17, 15) is 9.59 Å². The maximum atomic E-state index is 12.4. The van der Waals surface area contributed by atoms with Crippen LogP contribution in [0.2, 0.25) is 0 Å². The van der Waals surface area contributed by atoms with Crippen LogP contribution in [0.15, 0.2) is 9.59 Å². The second-order valence-corrected chi connectivity index (χ2v) is 5.11. The molecule has 0 radical (unpaired) electrons. The molecule has 1 heterocycles. The molecule has 0 spiro atoms. The summed E-state index contributed by atoms with van der Waals surface area (Å²) in [6.45, 7) is 6.77. The summed E-state index contributed by atoms with van der Waals surface area (Å²) in [5.74, 6) is 0.495. The van der Waals surface area contributed by atoms with Gasteiger partial charge in [0.2, 0.25) is 0 Å². The van der Waals surface area contributed by atoms with Crippen molar-refractivity contribution in [2.45, 2.75) is 58.9 Å². The Bertz CT molecular complexity index is 583. The minimum Gasteiger partial charge on any atom is -0.353 e. The van der Waals surface area contributed by atoms with Crippen LogP contribution in [0, 0.1) is 6.92 Å². The minimum atomic E-state index is -0.499. The Morgan fingerprint density at radius 1 is 1.24 bits per heavy atom. The van der Waals surface area contributed by atoms with E-state index in [2.05, 4.69) is 4.98 Å². The van der Waals surface area contributed by atoms with Gasteiger partial charge in [0, 0.05) is 32.2 Å². The van der Waals surface area contributed by atoms with Crippen LogP contribution in [0.25, 0.3) is 0 Å². The van der Waals surface area contributed by atoms with Crippen molar-refractivity contribution >= 4 is 0 Å². The van der Waals surface area contributed by atoms with Gasteiger partial charge in [-0.1, -0.05) is 0 Å². The molecule has 0 unspecified atom stereocenters. The van der Waals surface area contributed by atoms with Crippen LogP contribution in [0.3, 0.4) is 0 Å². The molecule has 2 rings (SSSR count). The maximum Gasteiger partial charge on any atom is 0.353 e. The standard InChI is InChI=1S/C14H23N3O4/c1-4-20-12(21-5-2)8-9-16-13(18)15-10(3)17(14(16)19)11-6-7-11/h11-12H,4-9H2,1-3H3. The van der Waals surface area contributed by atoms with Crippen molar-refractivity contribution in [2.75, 3.05) is 13.2 Å².